The molecule has 6 heteroatoms. The molecule has 0 fully saturated rings. The van der Waals surface area contributed by atoms with E-state index in [1.807, 2.05) is 24.3 Å². The van der Waals surface area contributed by atoms with Gasteiger partial charge in [-0.25, -0.2) is 13.1 Å². The molecule has 0 aliphatic heterocycles. The first-order valence-corrected chi connectivity index (χ1v) is 10.4. The van der Waals surface area contributed by atoms with Gasteiger partial charge >= 0.3 is 0 Å². The van der Waals surface area contributed by atoms with Gasteiger partial charge in [-0.05, 0) is 43.4 Å². The maximum atomic E-state index is 13.0. The molecule has 2 aromatic carbocycles. The molecule has 5 nitrogen and oxygen atoms in total. The molecule has 142 valence electrons. The van der Waals surface area contributed by atoms with E-state index in [2.05, 4.69) is 35.9 Å². The lowest BCUT2D eigenvalue weighted by molar-refractivity contribution is 0.430. The maximum Gasteiger partial charge on any atom is 0.264 e. The van der Waals surface area contributed by atoms with Crippen LogP contribution in [0.5, 0.6) is 0 Å². The highest BCUT2D eigenvalue weighted by Crippen LogP contribution is 2.30. The van der Waals surface area contributed by atoms with Crippen molar-refractivity contribution in [1.29, 1.82) is 0 Å². The molecular formula is C21H24N2O3S. The molecule has 0 saturated heterocycles. The standard InChI is InChI=1S/C21H24N2O3S/c1-14(2)13-17-9-11-18(12-10-17)19-7-5-6-8-20(19)27(24,25)23-21-15(3)16(4)22-26-21/h5-12,14,23H,13H2,1-4H3. The summed E-state index contributed by atoms with van der Waals surface area (Å²) in [7, 11) is -3.81. The fraction of sp³-hybridized carbons (Fsp3) is 0.286. The van der Waals surface area contributed by atoms with Crippen molar-refractivity contribution < 1.29 is 12.9 Å². The summed E-state index contributed by atoms with van der Waals surface area (Å²) >= 11 is 0. The lowest BCUT2D eigenvalue weighted by Crippen LogP contribution is -2.14. The van der Waals surface area contributed by atoms with Crippen LogP contribution in [0.4, 0.5) is 5.88 Å². The van der Waals surface area contributed by atoms with Gasteiger partial charge in [-0.1, -0.05) is 61.5 Å². The summed E-state index contributed by atoms with van der Waals surface area (Å²) in [6, 6.07) is 15.0. The van der Waals surface area contributed by atoms with Crippen LogP contribution >= 0.6 is 0 Å². The monoisotopic (exact) mass is 384 g/mol. The predicted molar refractivity (Wildman–Crippen MR) is 107 cm³/mol. The minimum atomic E-state index is -3.81. The van der Waals surface area contributed by atoms with Gasteiger partial charge in [0.15, 0.2) is 0 Å². The molecule has 3 aromatic rings. The van der Waals surface area contributed by atoms with Crippen molar-refractivity contribution in [2.75, 3.05) is 4.72 Å². The number of nitrogens with zero attached hydrogens (tertiary/aromatic N) is 1. The third kappa shape index (κ3) is 4.22. The third-order valence-corrected chi connectivity index (χ3v) is 5.86. The Morgan fingerprint density at radius 2 is 1.70 bits per heavy atom. The molecule has 0 bridgehead atoms. The fourth-order valence-electron chi connectivity index (χ4n) is 2.92. The normalized spacial score (nSPS) is 11.7. The lowest BCUT2D eigenvalue weighted by atomic mass is 9.99. The summed E-state index contributed by atoms with van der Waals surface area (Å²) in [5, 5.41) is 3.81. The predicted octanol–water partition coefficient (Wildman–Crippen LogP) is 4.96. The van der Waals surface area contributed by atoms with Gasteiger partial charge in [0.1, 0.15) is 0 Å². The molecule has 0 unspecified atom stereocenters. The van der Waals surface area contributed by atoms with E-state index in [1.165, 1.54) is 5.56 Å². The van der Waals surface area contributed by atoms with Crippen LogP contribution in [-0.2, 0) is 16.4 Å². The largest absolute Gasteiger partial charge is 0.337 e. The van der Waals surface area contributed by atoms with Crippen LogP contribution in [0.3, 0.4) is 0 Å². The second-order valence-corrected chi connectivity index (χ2v) is 8.77. The van der Waals surface area contributed by atoms with E-state index < -0.39 is 10.0 Å². The van der Waals surface area contributed by atoms with Crippen LogP contribution in [0.25, 0.3) is 11.1 Å². The van der Waals surface area contributed by atoms with E-state index >= 15 is 0 Å². The molecular weight excluding hydrogens is 360 g/mol. The van der Waals surface area contributed by atoms with E-state index in [4.69, 9.17) is 4.52 Å². The molecule has 0 radical (unpaired) electrons. The molecule has 0 aliphatic rings. The topological polar surface area (TPSA) is 72.2 Å². The second-order valence-electron chi connectivity index (χ2n) is 7.12. The Balaban J connectivity index is 1.97. The van der Waals surface area contributed by atoms with Crippen LogP contribution < -0.4 is 4.72 Å². The molecule has 0 amide bonds. The SMILES string of the molecule is Cc1noc(NS(=O)(=O)c2ccccc2-c2ccc(CC(C)C)cc2)c1C. The average molecular weight is 385 g/mol. The zero-order valence-corrected chi connectivity index (χ0v) is 16.8. The van der Waals surface area contributed by atoms with Gasteiger partial charge in [0.05, 0.1) is 10.6 Å². The molecule has 0 aliphatic carbocycles. The Labute approximate surface area is 160 Å². The van der Waals surface area contributed by atoms with Crippen molar-refractivity contribution in [2.24, 2.45) is 5.92 Å². The van der Waals surface area contributed by atoms with Gasteiger partial charge in [-0.3, -0.25) is 0 Å². The Kier molecular flexibility index (Phi) is 5.37. The fourth-order valence-corrected chi connectivity index (χ4v) is 4.20. The van der Waals surface area contributed by atoms with Crippen LogP contribution in [-0.4, -0.2) is 13.6 Å². The molecule has 3 rings (SSSR count). The maximum absolute atomic E-state index is 13.0. The molecule has 1 aromatic heterocycles. The van der Waals surface area contributed by atoms with Gasteiger partial charge in [-0.15, -0.1) is 0 Å². The average Bonchev–Trinajstić information content (AvgIpc) is 2.93. The molecule has 0 spiro atoms. The minimum Gasteiger partial charge on any atom is -0.337 e. The van der Waals surface area contributed by atoms with Crippen molar-refractivity contribution in [2.45, 2.75) is 39.0 Å². The summed E-state index contributed by atoms with van der Waals surface area (Å²) in [4.78, 5) is 0.204. The second kappa shape index (κ2) is 7.56. The van der Waals surface area contributed by atoms with Crippen LogP contribution in [0.2, 0.25) is 0 Å². The van der Waals surface area contributed by atoms with Crippen LogP contribution in [0.15, 0.2) is 57.9 Å². The van der Waals surface area contributed by atoms with E-state index in [0.717, 1.165) is 12.0 Å². The first-order valence-electron chi connectivity index (χ1n) is 8.92. The van der Waals surface area contributed by atoms with Crippen LogP contribution in [0, 0.1) is 19.8 Å². The number of aromatic nitrogens is 1. The number of anilines is 1. The highest BCUT2D eigenvalue weighted by molar-refractivity contribution is 7.92. The van der Waals surface area contributed by atoms with Crippen LogP contribution in [0.1, 0.15) is 30.7 Å². The quantitative estimate of drug-likeness (QED) is 0.652. The number of rotatable bonds is 6. The minimum absolute atomic E-state index is 0.148. The number of sulfonamides is 1. The highest BCUT2D eigenvalue weighted by Gasteiger charge is 2.22. The summed E-state index contributed by atoms with van der Waals surface area (Å²) in [6.45, 7) is 7.88. The van der Waals surface area contributed by atoms with E-state index in [-0.39, 0.29) is 10.8 Å². The summed E-state index contributed by atoms with van der Waals surface area (Å²) < 4.78 is 33.6. The number of aryl methyl sites for hydroxylation is 1. The zero-order chi connectivity index (χ0) is 19.6. The number of hydrogen-bond donors (Lipinski definition) is 1. The molecule has 0 atom stereocenters. The summed E-state index contributed by atoms with van der Waals surface area (Å²) in [6.07, 6.45) is 0.992. The highest BCUT2D eigenvalue weighted by atomic mass is 32.2. The molecule has 1 N–H and O–H groups in total. The van der Waals surface area contributed by atoms with Crippen molar-refractivity contribution in [3.05, 3.63) is 65.4 Å². The lowest BCUT2D eigenvalue weighted by Gasteiger charge is -2.12. The Morgan fingerprint density at radius 1 is 1.04 bits per heavy atom. The summed E-state index contributed by atoms with van der Waals surface area (Å²) in [5.41, 5.74) is 4.07. The number of nitrogens with one attached hydrogen (secondary N) is 1. The molecule has 0 saturated carbocycles. The van der Waals surface area contributed by atoms with Gasteiger partial charge in [0, 0.05) is 11.1 Å². The van der Waals surface area contributed by atoms with Crippen molar-refractivity contribution >= 4 is 15.9 Å². The number of hydrogen-bond acceptors (Lipinski definition) is 4. The first-order chi connectivity index (χ1) is 12.8. The first kappa shape index (κ1) is 19.2. The van der Waals surface area contributed by atoms with Crippen molar-refractivity contribution in [3.63, 3.8) is 0 Å². The van der Waals surface area contributed by atoms with Crippen molar-refractivity contribution in [1.82, 2.24) is 5.16 Å². The smallest absolute Gasteiger partial charge is 0.264 e. The van der Waals surface area contributed by atoms with Gasteiger partial charge < -0.3 is 4.52 Å². The van der Waals surface area contributed by atoms with E-state index in [1.54, 1.807) is 26.0 Å². The summed E-state index contributed by atoms with van der Waals surface area (Å²) in [5.74, 6) is 0.718. The van der Waals surface area contributed by atoms with E-state index in [0.29, 0.717) is 22.7 Å². The van der Waals surface area contributed by atoms with Gasteiger partial charge in [0.25, 0.3) is 10.0 Å². The Bertz CT molecular complexity index is 1040. The number of benzene rings is 2. The van der Waals surface area contributed by atoms with Gasteiger partial charge in [0.2, 0.25) is 5.88 Å². The van der Waals surface area contributed by atoms with E-state index in [9.17, 15) is 8.42 Å². The molecule has 1 heterocycles. The van der Waals surface area contributed by atoms with Crippen molar-refractivity contribution in [3.8, 4) is 11.1 Å². The molecule has 27 heavy (non-hydrogen) atoms. The Morgan fingerprint density at radius 3 is 2.30 bits per heavy atom. The third-order valence-electron chi connectivity index (χ3n) is 4.47. The zero-order valence-electron chi connectivity index (χ0n) is 16.0. The van der Waals surface area contributed by atoms with Gasteiger partial charge in [-0.2, -0.15) is 0 Å². The Hall–Kier alpha value is -2.60.